The molecule has 16 atom stereocenters. The highest BCUT2D eigenvalue weighted by atomic mass is 31.3. The lowest BCUT2D eigenvalue weighted by Gasteiger charge is -2.35. The van der Waals surface area contributed by atoms with E-state index in [1.54, 1.807) is 6.92 Å². The standard InChI is InChI=1S/C36H51N13O24P4/c1-5-46-14-49(30-22(46)31(55)44-35(38)43-30)32-23(52)15(8-20(51)45(2)3)16(69-32)9-67-75(59,60)72-77(63,64)73-76(61,62)68-11-18-27(26(65-4)34(71-18)48-13-41-21-28(37)39-12-40-29(21)48)74(57,58)66-10-17-24(53)25(54)33(70-17)47-7-6-19(50)42-36(47)56/h6-7,12-18,23-27,32-34,52-54H,5,8-11H2,1-4H3,(H9-,37,38,39,40,42,43,44,50,55,56,57,58,59,60,61,62,63,64)/t15-,16-,17-,18-,23-,24-,25-,26-,27-,32?,33-,34-/m1/s1. The lowest BCUT2D eigenvalue weighted by Crippen LogP contribution is -2.40. The normalized spacial score (nSPS) is 29.8. The van der Waals surface area contributed by atoms with Crippen LogP contribution in [-0.4, -0.2) is 174 Å². The fourth-order valence-electron chi connectivity index (χ4n) is 8.84. The molecule has 5 unspecified atom stereocenters. The molecule has 0 saturated carbocycles. The topological polar surface area (TPSA) is 521 Å². The first kappa shape index (κ1) is 58.1. The van der Waals surface area contributed by atoms with E-state index in [1.807, 2.05) is 4.98 Å². The van der Waals surface area contributed by atoms with Crippen molar-refractivity contribution in [3.63, 3.8) is 0 Å². The van der Waals surface area contributed by atoms with E-state index < -0.39 is 153 Å². The van der Waals surface area contributed by atoms with Gasteiger partial charge in [-0.15, -0.1) is 0 Å². The molecule has 0 spiro atoms. The second-order valence-electron chi connectivity index (χ2n) is 17.5. The number of hydrogen-bond acceptors (Lipinski definition) is 27. The molecule has 8 heterocycles. The maximum atomic E-state index is 14.2. The maximum absolute atomic E-state index is 14.2. The average molecular weight is 1170 g/mol. The number of nitrogens with one attached hydrogen (secondary N) is 2. The van der Waals surface area contributed by atoms with Crippen LogP contribution in [0.2, 0.25) is 0 Å². The molecule has 37 nitrogen and oxygen atoms in total. The number of nitrogen functional groups attached to an aromatic ring is 2. The van der Waals surface area contributed by atoms with Gasteiger partial charge in [-0.05, 0) is 6.92 Å². The van der Waals surface area contributed by atoms with Gasteiger partial charge in [-0.1, -0.05) is 0 Å². The molecule has 77 heavy (non-hydrogen) atoms. The summed E-state index contributed by atoms with van der Waals surface area (Å²) in [6.45, 7) is -1.58. The summed E-state index contributed by atoms with van der Waals surface area (Å²) in [7, 11) is -19.9. The number of aromatic amines is 2. The van der Waals surface area contributed by atoms with Gasteiger partial charge in [0.2, 0.25) is 24.4 Å². The largest absolute Gasteiger partial charge is 0.778 e. The molecule has 0 bridgehead atoms. The summed E-state index contributed by atoms with van der Waals surface area (Å²) in [6.07, 6.45) is -13.0. The van der Waals surface area contributed by atoms with Crippen LogP contribution in [0.3, 0.4) is 0 Å². The number of rotatable bonds is 21. The lowest BCUT2D eigenvalue weighted by atomic mass is 9.94. The van der Waals surface area contributed by atoms with Crippen molar-refractivity contribution in [2.24, 2.45) is 5.92 Å². The SMILES string of the molecule is CC[n+]1cn(C2O[C@H](COP(=O)(O)OP(=O)(O)OP(=O)(O)OC[C@H]3O[C@@H](n4cnc5c(N)ncnc54)[C@H](OC)[C@@H]3P(=O)([O-])OC[C@H]3O[C@@H](n4ccc(=O)[nH]c4=O)[C@H](O)[C@@H]3O)[C@@H](CC(=O)N(C)C)[C@H]2O)c2nc(N)[nH]c(=O)c21. The molecule has 0 aliphatic carbocycles. The number of ether oxygens (including phenoxy) is 4. The summed E-state index contributed by atoms with van der Waals surface area (Å²) >= 11 is 0. The highest BCUT2D eigenvalue weighted by Gasteiger charge is 2.55. The van der Waals surface area contributed by atoms with E-state index in [0.29, 0.717) is 4.57 Å². The first-order chi connectivity index (χ1) is 36.1. The molecule has 41 heteroatoms. The summed E-state index contributed by atoms with van der Waals surface area (Å²) in [5.74, 6) is -2.22. The van der Waals surface area contributed by atoms with Crippen LogP contribution >= 0.6 is 31.1 Å². The zero-order chi connectivity index (χ0) is 56.3. The predicted octanol–water partition coefficient (Wildman–Crippen LogP) is -4.22. The number of aromatic nitrogens is 10. The summed E-state index contributed by atoms with van der Waals surface area (Å²) in [5, 5.41) is 33.0. The van der Waals surface area contributed by atoms with Crippen LogP contribution in [0.5, 0.6) is 0 Å². The molecule has 3 aliphatic heterocycles. The van der Waals surface area contributed by atoms with Gasteiger partial charge in [0, 0.05) is 45.8 Å². The summed E-state index contributed by atoms with van der Waals surface area (Å²) in [5.41, 5.74) is 7.05. The Balaban J connectivity index is 0.971. The number of methoxy groups -OCH3 is 1. The van der Waals surface area contributed by atoms with Crippen molar-refractivity contribution in [2.45, 2.75) is 87.0 Å². The number of nitrogens with two attached hydrogens (primary N) is 2. The van der Waals surface area contributed by atoms with Gasteiger partial charge in [-0.3, -0.25) is 42.5 Å². The Bertz CT molecular complexity index is 3410. The van der Waals surface area contributed by atoms with Gasteiger partial charge in [0.15, 0.2) is 23.9 Å². The van der Waals surface area contributed by atoms with Gasteiger partial charge in [-0.25, -0.2) is 38.0 Å². The summed E-state index contributed by atoms with van der Waals surface area (Å²) in [4.78, 5) is 117. The molecule has 5 aromatic heterocycles. The maximum Gasteiger partial charge on any atom is 0.490 e. The molecular weight excluding hydrogens is 1120 g/mol. The Morgan fingerprint density at radius 3 is 2.08 bits per heavy atom. The monoisotopic (exact) mass is 1170 g/mol. The Hall–Kier alpha value is -5.07. The molecule has 1 amide bonds. The highest BCUT2D eigenvalue weighted by Crippen LogP contribution is 2.68. The van der Waals surface area contributed by atoms with Crippen LogP contribution in [0.4, 0.5) is 11.8 Å². The fraction of sp³-hybridized carbons (Fsp3) is 0.583. The number of aliphatic hydroxyl groups is 3. The Kier molecular flexibility index (Phi) is 16.8. The molecule has 0 radical (unpaired) electrons. The van der Waals surface area contributed by atoms with E-state index in [-0.39, 0.29) is 40.6 Å². The number of carbonyl (C=O) groups excluding carboxylic acids is 1. The molecule has 3 aliphatic rings. The number of aliphatic hydroxyl groups excluding tert-OH is 3. The van der Waals surface area contributed by atoms with Crippen molar-refractivity contribution in [1.82, 2.24) is 48.5 Å². The molecular formula is C36H51N13O24P4. The van der Waals surface area contributed by atoms with Crippen molar-refractivity contribution < 1.29 is 104 Å². The smallest absolute Gasteiger partial charge is 0.490 e. The number of imidazole rings is 2. The van der Waals surface area contributed by atoms with Gasteiger partial charge in [0.1, 0.15) is 50.0 Å². The van der Waals surface area contributed by atoms with Crippen LogP contribution in [0.1, 0.15) is 32.0 Å². The van der Waals surface area contributed by atoms with Gasteiger partial charge in [0.05, 0.1) is 50.6 Å². The summed E-state index contributed by atoms with van der Waals surface area (Å²) in [6, 6.07) is 0.913. The minimum Gasteiger partial charge on any atom is -0.778 e. The molecule has 3 saturated heterocycles. The molecule has 0 aromatic carbocycles. The number of hydrogen-bond donors (Lipinski definition) is 10. The first-order valence-electron chi connectivity index (χ1n) is 22.5. The Morgan fingerprint density at radius 1 is 0.818 bits per heavy atom. The number of H-pyrrole nitrogens is 2. The second-order valence-corrected chi connectivity index (χ2v) is 24.1. The van der Waals surface area contributed by atoms with Crippen molar-refractivity contribution in [2.75, 3.05) is 52.5 Å². The Labute approximate surface area is 430 Å². The minimum atomic E-state index is -6.26. The van der Waals surface area contributed by atoms with Crippen LogP contribution < -0.4 is 37.7 Å². The van der Waals surface area contributed by atoms with Crippen LogP contribution in [0, 0.1) is 5.92 Å². The van der Waals surface area contributed by atoms with Crippen molar-refractivity contribution in [3.05, 3.63) is 62.4 Å². The highest BCUT2D eigenvalue weighted by molar-refractivity contribution is 7.66. The van der Waals surface area contributed by atoms with E-state index >= 15 is 0 Å². The molecule has 8 rings (SSSR count). The third-order valence-electron chi connectivity index (χ3n) is 12.4. The predicted molar refractivity (Wildman–Crippen MR) is 250 cm³/mol. The van der Waals surface area contributed by atoms with E-state index in [9.17, 15) is 72.3 Å². The van der Waals surface area contributed by atoms with E-state index in [0.717, 1.165) is 36.6 Å². The zero-order valence-electron chi connectivity index (χ0n) is 40.4. The molecule has 12 N–H and O–H groups in total. The van der Waals surface area contributed by atoms with Crippen molar-refractivity contribution in [1.29, 1.82) is 0 Å². The number of amides is 1. The van der Waals surface area contributed by atoms with Gasteiger partial charge >= 0.3 is 34.7 Å². The van der Waals surface area contributed by atoms with Gasteiger partial charge < -0.3 is 79.3 Å². The summed E-state index contributed by atoms with van der Waals surface area (Å²) < 4.78 is 105. The number of phosphoric acid groups is 3. The molecule has 5 aromatic rings. The van der Waals surface area contributed by atoms with E-state index in [2.05, 4.69) is 33.5 Å². The minimum absolute atomic E-state index is 0.0115. The Morgan fingerprint density at radius 2 is 1.44 bits per heavy atom. The molecule has 3 fully saturated rings. The third kappa shape index (κ3) is 12.1. The fourth-order valence-corrected chi connectivity index (χ4v) is 14.1. The number of anilines is 2. The second kappa shape index (κ2) is 22.2. The number of aryl methyl sites for hydroxylation is 1. The van der Waals surface area contributed by atoms with Gasteiger partial charge in [0.25, 0.3) is 16.7 Å². The number of carbonyl (C=O) groups is 1. The van der Waals surface area contributed by atoms with Crippen molar-refractivity contribution in [3.8, 4) is 0 Å². The third-order valence-corrected chi connectivity index (χ3v) is 18.6. The quantitative estimate of drug-likeness (QED) is 0.0246. The van der Waals surface area contributed by atoms with Crippen LogP contribution in [-0.2, 0) is 70.7 Å². The number of fused-ring (bicyclic) bond motifs is 2. The number of phosphoric ester groups is 2. The number of nitrogens with zero attached hydrogens (tertiary/aromatic N) is 9. The average Bonchev–Trinajstić information content (AvgIpc) is 4.19. The van der Waals surface area contributed by atoms with Crippen molar-refractivity contribution >= 4 is 71.1 Å². The molecule has 424 valence electrons. The van der Waals surface area contributed by atoms with Crippen LogP contribution in [0.25, 0.3) is 22.3 Å². The van der Waals surface area contributed by atoms with Gasteiger partial charge in [-0.2, -0.15) is 18.2 Å². The van der Waals surface area contributed by atoms with Crippen LogP contribution in [0.15, 0.2) is 45.6 Å². The first-order valence-corrected chi connectivity index (χ1v) is 28.6. The lowest BCUT2D eigenvalue weighted by molar-refractivity contribution is -0.669. The van der Waals surface area contributed by atoms with E-state index in [1.165, 1.54) is 34.5 Å². The van der Waals surface area contributed by atoms with E-state index in [4.69, 9.17) is 44.0 Å². The zero-order valence-corrected chi connectivity index (χ0v) is 43.9.